The molecule has 0 N–H and O–H groups in total. The van der Waals surface area contributed by atoms with Crippen molar-refractivity contribution in [1.29, 1.82) is 0 Å². The number of likely N-dealkylation sites (tertiary alicyclic amines) is 1. The minimum atomic E-state index is -0.607. The predicted molar refractivity (Wildman–Crippen MR) is 122 cm³/mol. The van der Waals surface area contributed by atoms with Crippen molar-refractivity contribution in [3.05, 3.63) is 23.9 Å². The third kappa shape index (κ3) is 7.40. The molecule has 0 spiro atoms. The zero-order valence-corrected chi connectivity index (χ0v) is 20.2. The number of piperidine rings is 1. The normalized spacial score (nSPS) is 17.3. The van der Waals surface area contributed by atoms with Gasteiger partial charge < -0.3 is 14.4 Å². The number of ether oxygens (including phenoxy) is 2. The van der Waals surface area contributed by atoms with E-state index in [1.54, 1.807) is 16.0 Å². The van der Waals surface area contributed by atoms with Crippen LogP contribution in [-0.4, -0.2) is 46.4 Å². The molecule has 31 heavy (non-hydrogen) atoms. The lowest BCUT2D eigenvalue weighted by Crippen LogP contribution is -2.43. The zero-order valence-electron chi connectivity index (χ0n) is 20.2. The molecule has 1 atom stereocenters. The van der Waals surface area contributed by atoms with Crippen molar-refractivity contribution in [3.63, 3.8) is 0 Å². The number of carbonyl (C=O) groups is 2. The smallest absolute Gasteiger partial charge is 0.416 e. The molecule has 0 radical (unpaired) electrons. The number of anilines is 1. The molecule has 174 valence electrons. The highest BCUT2D eigenvalue weighted by Crippen LogP contribution is 2.37. The maximum Gasteiger partial charge on any atom is 0.416 e. The fourth-order valence-corrected chi connectivity index (χ4v) is 3.61. The van der Waals surface area contributed by atoms with E-state index in [4.69, 9.17) is 9.47 Å². The number of aromatic nitrogens is 1. The number of amides is 2. The first-order chi connectivity index (χ1) is 14.4. The van der Waals surface area contributed by atoms with Crippen molar-refractivity contribution in [2.45, 2.75) is 97.8 Å². The van der Waals surface area contributed by atoms with Crippen LogP contribution in [0.4, 0.5) is 15.4 Å². The molecule has 7 nitrogen and oxygen atoms in total. The summed E-state index contributed by atoms with van der Waals surface area (Å²) in [5.74, 6) is 0.561. The van der Waals surface area contributed by atoms with E-state index in [-0.39, 0.29) is 12.1 Å². The highest BCUT2D eigenvalue weighted by atomic mass is 16.6. The minimum Gasteiger partial charge on any atom is -0.444 e. The second kappa shape index (κ2) is 10.3. The van der Waals surface area contributed by atoms with Crippen LogP contribution in [0.2, 0.25) is 0 Å². The molecule has 1 aliphatic heterocycles. The molecule has 1 fully saturated rings. The van der Waals surface area contributed by atoms with Gasteiger partial charge in [0.25, 0.3) is 0 Å². The van der Waals surface area contributed by atoms with Crippen LogP contribution in [0.5, 0.6) is 0 Å². The summed E-state index contributed by atoms with van der Waals surface area (Å²) < 4.78 is 11.3. The van der Waals surface area contributed by atoms with Crippen LogP contribution < -0.4 is 4.90 Å². The van der Waals surface area contributed by atoms with Gasteiger partial charge in [-0.15, -0.1) is 0 Å². The molecule has 1 aromatic heterocycles. The number of pyridine rings is 1. The molecular weight excluding hydrogens is 394 g/mol. The Balaban J connectivity index is 2.42. The SMILES string of the molecule is CCCCN(C(=O)OC(C)(C)C)c1ncccc1[C@@H]1CCCCN1C(=O)OC(C)(C)C. The zero-order chi connectivity index (χ0) is 23.2. The highest BCUT2D eigenvalue weighted by molar-refractivity contribution is 5.87. The standard InChI is InChI=1S/C24H39N3O4/c1-8-9-16-27(22(29)31-24(5,6)7)20-18(13-12-15-25-20)19-14-10-11-17-26(19)21(28)30-23(2,3)4/h12-13,15,19H,8-11,14,16-17H2,1-7H3/t19-/m0/s1. The second-order valence-electron chi connectivity index (χ2n) is 10.1. The fourth-order valence-electron chi connectivity index (χ4n) is 3.61. The average molecular weight is 434 g/mol. The van der Waals surface area contributed by atoms with E-state index in [0.29, 0.717) is 18.9 Å². The number of unbranched alkanes of at least 4 members (excludes halogenated alkanes) is 1. The van der Waals surface area contributed by atoms with Crippen molar-refractivity contribution in [2.75, 3.05) is 18.0 Å². The van der Waals surface area contributed by atoms with E-state index >= 15 is 0 Å². The largest absolute Gasteiger partial charge is 0.444 e. The molecule has 0 bridgehead atoms. The molecule has 1 aromatic rings. The van der Waals surface area contributed by atoms with Crippen LogP contribution in [0, 0.1) is 0 Å². The van der Waals surface area contributed by atoms with Gasteiger partial charge in [-0.2, -0.15) is 0 Å². The first-order valence-electron chi connectivity index (χ1n) is 11.4. The molecule has 7 heteroatoms. The van der Waals surface area contributed by atoms with Gasteiger partial charge in [-0.1, -0.05) is 19.4 Å². The molecule has 2 heterocycles. The Hall–Kier alpha value is -2.31. The van der Waals surface area contributed by atoms with Crippen LogP contribution in [0.1, 0.15) is 92.2 Å². The quantitative estimate of drug-likeness (QED) is 0.562. The second-order valence-corrected chi connectivity index (χ2v) is 10.1. The lowest BCUT2D eigenvalue weighted by atomic mass is 9.95. The summed E-state index contributed by atoms with van der Waals surface area (Å²) in [7, 11) is 0. The molecule has 2 rings (SSSR count). The Kier molecular flexibility index (Phi) is 8.32. The van der Waals surface area contributed by atoms with Gasteiger partial charge in [-0.25, -0.2) is 14.6 Å². The Morgan fingerprint density at radius 1 is 1.13 bits per heavy atom. The molecule has 1 saturated heterocycles. The summed E-state index contributed by atoms with van der Waals surface area (Å²) >= 11 is 0. The first kappa shape index (κ1) is 25.0. The number of hydrogen-bond donors (Lipinski definition) is 0. The Labute approximate surface area is 187 Å². The molecule has 2 amide bonds. The maximum atomic E-state index is 13.1. The number of nitrogens with zero attached hydrogens (tertiary/aromatic N) is 3. The van der Waals surface area contributed by atoms with Gasteiger partial charge in [0, 0.05) is 24.8 Å². The van der Waals surface area contributed by atoms with Gasteiger partial charge in [0.15, 0.2) is 0 Å². The third-order valence-electron chi connectivity index (χ3n) is 4.91. The van der Waals surface area contributed by atoms with Gasteiger partial charge in [0.1, 0.15) is 17.0 Å². The van der Waals surface area contributed by atoms with Crippen LogP contribution in [0.3, 0.4) is 0 Å². The summed E-state index contributed by atoms with van der Waals surface area (Å²) in [4.78, 5) is 34.0. The van der Waals surface area contributed by atoms with E-state index in [1.807, 2.05) is 53.7 Å². The van der Waals surface area contributed by atoms with E-state index in [0.717, 1.165) is 37.7 Å². The fraction of sp³-hybridized carbons (Fsp3) is 0.708. The lowest BCUT2D eigenvalue weighted by Gasteiger charge is -2.38. The predicted octanol–water partition coefficient (Wildman–Crippen LogP) is 6.09. The minimum absolute atomic E-state index is 0.195. The Morgan fingerprint density at radius 3 is 2.42 bits per heavy atom. The van der Waals surface area contributed by atoms with Crippen LogP contribution in [-0.2, 0) is 9.47 Å². The van der Waals surface area contributed by atoms with E-state index in [9.17, 15) is 9.59 Å². The summed E-state index contributed by atoms with van der Waals surface area (Å²) in [5.41, 5.74) is -0.320. The summed E-state index contributed by atoms with van der Waals surface area (Å²) in [5, 5.41) is 0. The summed E-state index contributed by atoms with van der Waals surface area (Å²) in [6, 6.07) is 3.62. The first-order valence-corrected chi connectivity index (χ1v) is 11.4. The highest BCUT2D eigenvalue weighted by Gasteiger charge is 2.35. The Morgan fingerprint density at radius 2 is 1.81 bits per heavy atom. The molecule has 0 unspecified atom stereocenters. The lowest BCUT2D eigenvalue weighted by molar-refractivity contribution is 0.00955. The van der Waals surface area contributed by atoms with Crippen LogP contribution in [0.15, 0.2) is 18.3 Å². The topological polar surface area (TPSA) is 72.0 Å². The van der Waals surface area contributed by atoms with Gasteiger partial charge in [0.05, 0.1) is 6.04 Å². The molecule has 0 aromatic carbocycles. The van der Waals surface area contributed by atoms with Crippen molar-refractivity contribution < 1.29 is 19.1 Å². The van der Waals surface area contributed by atoms with Crippen molar-refractivity contribution >= 4 is 18.0 Å². The van der Waals surface area contributed by atoms with Crippen molar-refractivity contribution in [1.82, 2.24) is 9.88 Å². The molecular formula is C24H39N3O4. The Bertz CT molecular complexity index is 752. The van der Waals surface area contributed by atoms with E-state index < -0.39 is 17.3 Å². The van der Waals surface area contributed by atoms with Gasteiger partial charge >= 0.3 is 12.2 Å². The van der Waals surface area contributed by atoms with Gasteiger partial charge in [-0.05, 0) is 73.3 Å². The van der Waals surface area contributed by atoms with Crippen LogP contribution >= 0.6 is 0 Å². The van der Waals surface area contributed by atoms with E-state index in [2.05, 4.69) is 11.9 Å². The maximum absolute atomic E-state index is 13.1. The average Bonchev–Trinajstić information content (AvgIpc) is 2.66. The van der Waals surface area contributed by atoms with Crippen molar-refractivity contribution in [2.24, 2.45) is 0 Å². The van der Waals surface area contributed by atoms with Crippen molar-refractivity contribution in [3.8, 4) is 0 Å². The number of rotatable bonds is 5. The van der Waals surface area contributed by atoms with Gasteiger partial charge in [0.2, 0.25) is 0 Å². The number of hydrogen-bond acceptors (Lipinski definition) is 5. The van der Waals surface area contributed by atoms with Gasteiger partial charge in [-0.3, -0.25) is 4.90 Å². The third-order valence-corrected chi connectivity index (χ3v) is 4.91. The number of carbonyl (C=O) groups excluding carboxylic acids is 2. The monoisotopic (exact) mass is 433 g/mol. The summed E-state index contributed by atoms with van der Waals surface area (Å²) in [6.45, 7) is 14.4. The molecule has 0 aliphatic carbocycles. The summed E-state index contributed by atoms with van der Waals surface area (Å²) in [6.07, 6.45) is 5.43. The molecule has 0 saturated carbocycles. The van der Waals surface area contributed by atoms with Crippen LogP contribution in [0.25, 0.3) is 0 Å². The van der Waals surface area contributed by atoms with E-state index in [1.165, 1.54) is 0 Å². The molecule has 1 aliphatic rings.